The van der Waals surface area contributed by atoms with E-state index in [0.29, 0.717) is 10.5 Å². The second kappa shape index (κ2) is 7.71. The van der Waals surface area contributed by atoms with Gasteiger partial charge in [0.2, 0.25) is 0 Å². The van der Waals surface area contributed by atoms with Crippen LogP contribution in [0.5, 0.6) is 0 Å². The van der Waals surface area contributed by atoms with E-state index < -0.39 is 0 Å². The first kappa shape index (κ1) is 16.2. The molecule has 3 atom stereocenters. The lowest BCUT2D eigenvalue weighted by Crippen LogP contribution is -2.38. The fraction of sp³-hybridized carbons (Fsp3) is 0.625. The molecule has 1 heterocycles. The van der Waals surface area contributed by atoms with Crippen LogP contribution in [0.2, 0.25) is 0 Å². The van der Waals surface area contributed by atoms with Crippen LogP contribution in [0.3, 0.4) is 0 Å². The van der Waals surface area contributed by atoms with E-state index in [1.165, 1.54) is 11.5 Å². The Morgan fingerprint density at radius 1 is 1.30 bits per heavy atom. The van der Waals surface area contributed by atoms with Crippen LogP contribution in [0.4, 0.5) is 4.39 Å². The minimum atomic E-state index is -0.121. The predicted molar refractivity (Wildman–Crippen MR) is 90.3 cm³/mol. The molecular weight excluding hydrogens is 289 g/mol. The lowest BCUT2D eigenvalue weighted by atomic mass is 9.99. The molecule has 0 amide bonds. The van der Waals surface area contributed by atoms with Gasteiger partial charge in [-0.25, -0.2) is 4.39 Å². The first-order valence-electron chi connectivity index (χ1n) is 7.35. The van der Waals surface area contributed by atoms with E-state index in [2.05, 4.69) is 25.2 Å². The Bertz CT molecular complexity index is 418. The third kappa shape index (κ3) is 4.15. The molecule has 0 saturated carbocycles. The molecule has 2 rings (SSSR count). The topological polar surface area (TPSA) is 12.0 Å². The molecule has 1 nitrogen and oxygen atoms in total. The quantitative estimate of drug-likeness (QED) is 0.864. The second-order valence-electron chi connectivity index (χ2n) is 5.41. The van der Waals surface area contributed by atoms with Gasteiger partial charge in [-0.1, -0.05) is 19.9 Å². The average Bonchev–Trinajstić information content (AvgIpc) is 2.40. The van der Waals surface area contributed by atoms with Crippen molar-refractivity contribution in [2.24, 2.45) is 0 Å². The standard InChI is InChI=1S/C16H24FNS2/c1-4-5-18-15(16-12(3)19-6-7-20-16)13-8-11(2)9-14(17)10-13/h8-10,12,15-16,18H,4-7H2,1-3H3. The van der Waals surface area contributed by atoms with Gasteiger partial charge in [0, 0.05) is 28.0 Å². The van der Waals surface area contributed by atoms with Gasteiger partial charge in [0.15, 0.2) is 0 Å². The molecule has 1 N–H and O–H groups in total. The Balaban J connectivity index is 2.25. The van der Waals surface area contributed by atoms with Gasteiger partial charge in [-0.2, -0.15) is 23.5 Å². The zero-order chi connectivity index (χ0) is 14.5. The molecule has 0 aromatic heterocycles. The van der Waals surface area contributed by atoms with Gasteiger partial charge in [-0.3, -0.25) is 0 Å². The van der Waals surface area contributed by atoms with E-state index in [4.69, 9.17) is 0 Å². The average molecular weight is 314 g/mol. The number of rotatable bonds is 5. The number of hydrogen-bond acceptors (Lipinski definition) is 3. The first-order valence-corrected chi connectivity index (χ1v) is 9.45. The monoisotopic (exact) mass is 313 g/mol. The van der Waals surface area contributed by atoms with E-state index >= 15 is 0 Å². The molecule has 112 valence electrons. The highest BCUT2D eigenvalue weighted by atomic mass is 32.2. The lowest BCUT2D eigenvalue weighted by Gasteiger charge is -2.35. The molecule has 0 bridgehead atoms. The number of hydrogen-bond donors (Lipinski definition) is 1. The highest BCUT2D eigenvalue weighted by Gasteiger charge is 2.31. The molecule has 0 spiro atoms. The summed E-state index contributed by atoms with van der Waals surface area (Å²) in [7, 11) is 0. The van der Waals surface area contributed by atoms with Crippen molar-refractivity contribution in [3.05, 3.63) is 35.1 Å². The Labute approximate surface area is 130 Å². The molecule has 1 aliphatic rings. The van der Waals surface area contributed by atoms with E-state index in [-0.39, 0.29) is 11.9 Å². The summed E-state index contributed by atoms with van der Waals surface area (Å²) in [5, 5.41) is 4.76. The zero-order valence-corrected chi connectivity index (χ0v) is 14.1. The maximum atomic E-state index is 13.7. The third-order valence-corrected chi connectivity index (χ3v) is 6.80. The van der Waals surface area contributed by atoms with Crippen molar-refractivity contribution in [1.29, 1.82) is 0 Å². The smallest absolute Gasteiger partial charge is 0.123 e. The molecular formula is C16H24FNS2. The highest BCUT2D eigenvalue weighted by Crippen LogP contribution is 2.39. The van der Waals surface area contributed by atoms with E-state index in [9.17, 15) is 4.39 Å². The summed E-state index contributed by atoms with van der Waals surface area (Å²) in [6, 6.07) is 5.68. The van der Waals surface area contributed by atoms with Gasteiger partial charge in [0.05, 0.1) is 0 Å². The van der Waals surface area contributed by atoms with Gasteiger partial charge in [-0.05, 0) is 43.1 Å². The second-order valence-corrected chi connectivity index (χ2v) is 8.18. The number of benzene rings is 1. The molecule has 1 aromatic rings. The van der Waals surface area contributed by atoms with E-state index in [1.807, 2.05) is 30.4 Å². The summed E-state index contributed by atoms with van der Waals surface area (Å²) in [6.07, 6.45) is 1.10. The van der Waals surface area contributed by atoms with Crippen LogP contribution in [0.25, 0.3) is 0 Å². The Morgan fingerprint density at radius 2 is 2.05 bits per heavy atom. The highest BCUT2D eigenvalue weighted by molar-refractivity contribution is 8.07. The Hall–Kier alpha value is -0.190. The van der Waals surface area contributed by atoms with Crippen molar-refractivity contribution in [3.8, 4) is 0 Å². The molecule has 0 aliphatic carbocycles. The largest absolute Gasteiger partial charge is 0.309 e. The van der Waals surface area contributed by atoms with Crippen LogP contribution in [-0.2, 0) is 0 Å². The van der Waals surface area contributed by atoms with Gasteiger partial charge in [0.1, 0.15) is 5.82 Å². The molecule has 1 fully saturated rings. The molecule has 1 aromatic carbocycles. The first-order chi connectivity index (χ1) is 9.61. The van der Waals surface area contributed by atoms with Crippen molar-refractivity contribution in [3.63, 3.8) is 0 Å². The fourth-order valence-electron chi connectivity index (χ4n) is 2.68. The minimum absolute atomic E-state index is 0.121. The zero-order valence-electron chi connectivity index (χ0n) is 12.5. The number of halogens is 1. The molecule has 20 heavy (non-hydrogen) atoms. The van der Waals surface area contributed by atoms with Crippen molar-refractivity contribution in [2.45, 2.75) is 43.7 Å². The van der Waals surface area contributed by atoms with Crippen LogP contribution in [0.1, 0.15) is 37.4 Å². The molecule has 1 aliphatic heterocycles. The molecule has 1 saturated heterocycles. The summed E-state index contributed by atoms with van der Waals surface area (Å²) in [5.74, 6) is 2.30. The Kier molecular flexibility index (Phi) is 6.24. The lowest BCUT2D eigenvalue weighted by molar-refractivity contribution is 0.504. The van der Waals surface area contributed by atoms with Crippen molar-refractivity contribution in [2.75, 3.05) is 18.1 Å². The predicted octanol–water partition coefficient (Wildman–Crippen LogP) is 4.41. The van der Waals surface area contributed by atoms with Crippen molar-refractivity contribution in [1.82, 2.24) is 5.32 Å². The van der Waals surface area contributed by atoms with Crippen LogP contribution in [-0.4, -0.2) is 28.6 Å². The fourth-order valence-corrected chi connectivity index (χ4v) is 5.63. The number of thioether (sulfide) groups is 2. The van der Waals surface area contributed by atoms with Gasteiger partial charge in [0.25, 0.3) is 0 Å². The molecule has 3 unspecified atom stereocenters. The van der Waals surface area contributed by atoms with Gasteiger partial charge < -0.3 is 5.32 Å². The Morgan fingerprint density at radius 3 is 2.70 bits per heavy atom. The van der Waals surface area contributed by atoms with Crippen LogP contribution in [0.15, 0.2) is 18.2 Å². The third-order valence-electron chi connectivity index (χ3n) is 3.60. The van der Waals surface area contributed by atoms with E-state index in [0.717, 1.165) is 24.1 Å². The summed E-state index contributed by atoms with van der Waals surface area (Å²) in [5.41, 5.74) is 2.10. The van der Waals surface area contributed by atoms with Crippen LogP contribution >= 0.6 is 23.5 Å². The van der Waals surface area contributed by atoms with Crippen LogP contribution < -0.4 is 5.32 Å². The summed E-state index contributed by atoms with van der Waals surface area (Å²) >= 11 is 4.07. The summed E-state index contributed by atoms with van der Waals surface area (Å²) < 4.78 is 13.7. The SMILES string of the molecule is CCCNC(c1cc(C)cc(F)c1)C1SCCSC1C. The van der Waals surface area contributed by atoms with Crippen molar-refractivity contribution >= 4 is 23.5 Å². The van der Waals surface area contributed by atoms with Crippen molar-refractivity contribution < 1.29 is 4.39 Å². The maximum Gasteiger partial charge on any atom is 0.123 e. The number of nitrogens with one attached hydrogen (secondary N) is 1. The van der Waals surface area contributed by atoms with Gasteiger partial charge in [-0.15, -0.1) is 0 Å². The van der Waals surface area contributed by atoms with E-state index in [1.54, 1.807) is 12.1 Å². The van der Waals surface area contributed by atoms with Crippen LogP contribution in [0, 0.1) is 12.7 Å². The summed E-state index contributed by atoms with van der Waals surface area (Å²) in [4.78, 5) is 0. The molecule has 0 radical (unpaired) electrons. The van der Waals surface area contributed by atoms with Gasteiger partial charge >= 0.3 is 0 Å². The summed E-state index contributed by atoms with van der Waals surface area (Å²) in [6.45, 7) is 7.42. The normalized spacial score (nSPS) is 24.6. The molecule has 4 heteroatoms. The number of aryl methyl sites for hydroxylation is 1. The minimum Gasteiger partial charge on any atom is -0.309 e. The maximum absolute atomic E-state index is 13.7.